The van der Waals surface area contributed by atoms with Gasteiger partial charge in [-0.15, -0.1) is 0 Å². The fourth-order valence-electron chi connectivity index (χ4n) is 2.80. The van der Waals surface area contributed by atoms with E-state index in [1.165, 1.54) is 32.2 Å². The number of amides is 1. The number of hydrogen-bond acceptors (Lipinski definition) is 3. The molecular weight excluding hydrogens is 250 g/mol. The van der Waals surface area contributed by atoms with E-state index in [0.29, 0.717) is 6.04 Å². The average molecular weight is 281 g/mol. The van der Waals surface area contributed by atoms with E-state index in [4.69, 9.17) is 5.73 Å². The number of carbonyl (C=O) groups is 1. The Bertz CT molecular complexity index is 326. The van der Waals surface area contributed by atoms with Gasteiger partial charge in [0.15, 0.2) is 0 Å². The number of nitrogens with one attached hydrogen (secondary N) is 1. The van der Waals surface area contributed by atoms with Gasteiger partial charge in [-0.05, 0) is 70.9 Å². The summed E-state index contributed by atoms with van der Waals surface area (Å²) in [7, 11) is 0. The van der Waals surface area contributed by atoms with E-state index < -0.39 is 5.54 Å². The lowest BCUT2D eigenvalue weighted by molar-refractivity contribution is -0.124. The molecule has 4 heteroatoms. The summed E-state index contributed by atoms with van der Waals surface area (Å²) in [6.45, 7) is 7.78. The molecular formula is C16H31N3O. The van der Waals surface area contributed by atoms with Crippen LogP contribution in [-0.4, -0.2) is 42.0 Å². The highest BCUT2D eigenvalue weighted by molar-refractivity contribution is 5.84. The van der Waals surface area contributed by atoms with Crippen molar-refractivity contribution >= 4 is 5.91 Å². The first-order chi connectivity index (χ1) is 9.53. The van der Waals surface area contributed by atoms with Gasteiger partial charge in [-0.3, -0.25) is 4.79 Å². The maximum absolute atomic E-state index is 11.7. The smallest absolute Gasteiger partial charge is 0.237 e. The lowest BCUT2D eigenvalue weighted by Gasteiger charge is -2.28. The first kappa shape index (κ1) is 15.8. The second-order valence-corrected chi connectivity index (χ2v) is 6.91. The molecule has 0 aromatic carbocycles. The summed E-state index contributed by atoms with van der Waals surface area (Å²) >= 11 is 0. The van der Waals surface area contributed by atoms with Gasteiger partial charge in [-0.25, -0.2) is 0 Å². The number of rotatable bonds is 11. The van der Waals surface area contributed by atoms with Crippen molar-refractivity contribution in [1.82, 2.24) is 10.2 Å². The number of carbonyl (C=O) groups excluding carboxylic acids is 1. The van der Waals surface area contributed by atoms with Crippen molar-refractivity contribution < 1.29 is 4.79 Å². The third kappa shape index (κ3) is 5.06. The van der Waals surface area contributed by atoms with E-state index in [2.05, 4.69) is 17.1 Å². The molecule has 1 unspecified atom stereocenters. The van der Waals surface area contributed by atoms with Crippen molar-refractivity contribution in [2.75, 3.05) is 19.6 Å². The second-order valence-electron chi connectivity index (χ2n) is 6.91. The molecule has 0 aliphatic heterocycles. The maximum atomic E-state index is 11.7. The number of unbranched alkanes of at least 4 members (excludes halogenated alkanes) is 1. The van der Waals surface area contributed by atoms with Crippen molar-refractivity contribution in [3.05, 3.63) is 0 Å². The molecule has 3 N–H and O–H groups in total. The van der Waals surface area contributed by atoms with Crippen LogP contribution < -0.4 is 11.1 Å². The van der Waals surface area contributed by atoms with E-state index in [-0.39, 0.29) is 5.91 Å². The molecule has 2 aliphatic rings. The molecule has 0 saturated heterocycles. The van der Waals surface area contributed by atoms with Crippen molar-refractivity contribution in [2.45, 2.75) is 70.4 Å². The highest BCUT2D eigenvalue weighted by atomic mass is 16.1. The minimum Gasteiger partial charge on any atom is -0.368 e. The predicted octanol–water partition coefficient (Wildman–Crippen LogP) is 1.88. The SMILES string of the molecule is CCN(CCCCC(C)(NC1CC1)C(N)=O)CC1CC1. The second kappa shape index (κ2) is 6.90. The lowest BCUT2D eigenvalue weighted by atomic mass is 9.93. The van der Waals surface area contributed by atoms with Crippen LogP contribution in [0.3, 0.4) is 0 Å². The Morgan fingerprint density at radius 2 is 2.00 bits per heavy atom. The third-order valence-electron chi connectivity index (χ3n) is 4.71. The minimum atomic E-state index is -0.505. The number of nitrogens with two attached hydrogens (primary N) is 1. The summed E-state index contributed by atoms with van der Waals surface area (Å²) in [5.41, 5.74) is 5.07. The van der Waals surface area contributed by atoms with Gasteiger partial charge in [-0.2, -0.15) is 0 Å². The van der Waals surface area contributed by atoms with E-state index in [9.17, 15) is 4.79 Å². The molecule has 116 valence electrons. The Labute approximate surface area is 123 Å². The zero-order valence-corrected chi connectivity index (χ0v) is 13.2. The summed E-state index contributed by atoms with van der Waals surface area (Å²) in [5.74, 6) is 0.761. The molecule has 0 aromatic heterocycles. The molecule has 20 heavy (non-hydrogen) atoms. The average Bonchev–Trinajstić information content (AvgIpc) is 3.28. The Hall–Kier alpha value is -0.610. The molecule has 2 fully saturated rings. The van der Waals surface area contributed by atoms with Crippen LogP contribution in [-0.2, 0) is 4.79 Å². The Morgan fingerprint density at radius 1 is 1.30 bits per heavy atom. The molecule has 0 bridgehead atoms. The van der Waals surface area contributed by atoms with Crippen LogP contribution in [0, 0.1) is 5.92 Å². The van der Waals surface area contributed by atoms with Crippen LogP contribution in [0.15, 0.2) is 0 Å². The topological polar surface area (TPSA) is 58.4 Å². The molecule has 2 saturated carbocycles. The van der Waals surface area contributed by atoms with Gasteiger partial charge in [0.05, 0.1) is 5.54 Å². The fraction of sp³-hybridized carbons (Fsp3) is 0.938. The highest BCUT2D eigenvalue weighted by Gasteiger charge is 2.36. The van der Waals surface area contributed by atoms with Crippen molar-refractivity contribution in [3.63, 3.8) is 0 Å². The van der Waals surface area contributed by atoms with Gasteiger partial charge >= 0.3 is 0 Å². The van der Waals surface area contributed by atoms with Gasteiger partial charge < -0.3 is 16.0 Å². The van der Waals surface area contributed by atoms with E-state index >= 15 is 0 Å². The van der Waals surface area contributed by atoms with E-state index in [1.807, 2.05) is 6.92 Å². The van der Waals surface area contributed by atoms with Crippen LogP contribution in [0.2, 0.25) is 0 Å². The number of hydrogen-bond donors (Lipinski definition) is 2. The maximum Gasteiger partial charge on any atom is 0.237 e. The first-order valence-electron chi connectivity index (χ1n) is 8.33. The van der Waals surface area contributed by atoms with Crippen molar-refractivity contribution in [3.8, 4) is 0 Å². The van der Waals surface area contributed by atoms with Crippen LogP contribution in [0.1, 0.15) is 58.8 Å². The zero-order chi connectivity index (χ0) is 14.6. The van der Waals surface area contributed by atoms with Gasteiger partial charge in [0.1, 0.15) is 0 Å². The summed E-state index contributed by atoms with van der Waals surface area (Å²) in [4.78, 5) is 14.2. The molecule has 4 nitrogen and oxygen atoms in total. The zero-order valence-electron chi connectivity index (χ0n) is 13.2. The highest BCUT2D eigenvalue weighted by Crippen LogP contribution is 2.30. The molecule has 2 aliphatic carbocycles. The van der Waals surface area contributed by atoms with Gasteiger partial charge in [0.2, 0.25) is 5.91 Å². The van der Waals surface area contributed by atoms with E-state index in [1.54, 1.807) is 0 Å². The van der Waals surface area contributed by atoms with Gasteiger partial charge in [0, 0.05) is 12.6 Å². The molecule has 0 aromatic rings. The van der Waals surface area contributed by atoms with E-state index in [0.717, 1.165) is 38.3 Å². The molecule has 1 amide bonds. The Morgan fingerprint density at radius 3 is 2.50 bits per heavy atom. The third-order valence-corrected chi connectivity index (χ3v) is 4.71. The number of nitrogens with zero attached hydrogens (tertiary/aromatic N) is 1. The predicted molar refractivity (Wildman–Crippen MR) is 82.4 cm³/mol. The minimum absolute atomic E-state index is 0.199. The molecule has 1 atom stereocenters. The molecule has 0 spiro atoms. The molecule has 0 heterocycles. The van der Waals surface area contributed by atoms with Gasteiger partial charge in [-0.1, -0.05) is 6.92 Å². The first-order valence-corrected chi connectivity index (χ1v) is 8.33. The summed E-state index contributed by atoms with van der Waals surface area (Å²) in [6.07, 6.45) is 8.31. The largest absolute Gasteiger partial charge is 0.368 e. The normalized spacial score (nSPS) is 21.9. The van der Waals surface area contributed by atoms with Crippen molar-refractivity contribution in [2.24, 2.45) is 11.7 Å². The molecule has 0 radical (unpaired) electrons. The monoisotopic (exact) mass is 281 g/mol. The quantitative estimate of drug-likeness (QED) is 0.569. The van der Waals surface area contributed by atoms with Crippen LogP contribution >= 0.6 is 0 Å². The van der Waals surface area contributed by atoms with Crippen LogP contribution in [0.4, 0.5) is 0 Å². The van der Waals surface area contributed by atoms with Crippen LogP contribution in [0.5, 0.6) is 0 Å². The number of primary amides is 1. The van der Waals surface area contributed by atoms with Gasteiger partial charge in [0.25, 0.3) is 0 Å². The molecule has 2 rings (SSSR count). The summed E-state index contributed by atoms with van der Waals surface area (Å²) in [5, 5.41) is 3.42. The van der Waals surface area contributed by atoms with Crippen molar-refractivity contribution in [1.29, 1.82) is 0 Å². The Kier molecular flexibility index (Phi) is 5.44. The fourth-order valence-corrected chi connectivity index (χ4v) is 2.80. The summed E-state index contributed by atoms with van der Waals surface area (Å²) < 4.78 is 0. The Balaban J connectivity index is 1.65. The standard InChI is InChI=1S/C16H31N3O/c1-3-19(12-13-6-7-13)11-5-4-10-16(2,15(17)20)18-14-8-9-14/h13-14,18H,3-12H2,1-2H3,(H2,17,20). The summed E-state index contributed by atoms with van der Waals surface area (Å²) in [6, 6.07) is 0.523. The lowest BCUT2D eigenvalue weighted by Crippen LogP contribution is -2.54. The van der Waals surface area contributed by atoms with Crippen LogP contribution in [0.25, 0.3) is 0 Å².